The Morgan fingerprint density at radius 1 is 0.484 bits per heavy atom. The van der Waals surface area contributed by atoms with Crippen molar-refractivity contribution in [2.45, 2.75) is 289 Å². The van der Waals surface area contributed by atoms with Gasteiger partial charge in [0.25, 0.3) is 0 Å². The highest BCUT2D eigenvalue weighted by Crippen LogP contribution is 2.18. The number of carbonyl (C=O) groups excluding carboxylic acids is 2. The Morgan fingerprint density at radius 2 is 0.891 bits per heavy atom. The molecule has 0 heterocycles. The third kappa shape index (κ3) is 46.1. The molecule has 6 heteroatoms. The molecule has 0 aromatic rings. The molecule has 1 amide bonds. The van der Waals surface area contributed by atoms with Crippen molar-refractivity contribution < 1.29 is 24.5 Å². The van der Waals surface area contributed by atoms with Gasteiger partial charge in [0.15, 0.2) is 0 Å². The van der Waals surface area contributed by atoms with Crippen LogP contribution in [0, 0.1) is 0 Å². The second-order valence-electron chi connectivity index (χ2n) is 18.6. The van der Waals surface area contributed by atoms with Crippen molar-refractivity contribution in [3.8, 4) is 0 Å². The number of hydrogen-bond acceptors (Lipinski definition) is 5. The molecule has 0 bridgehead atoms. The molecule has 3 N–H and O–H groups in total. The number of carbonyl (C=O) groups is 2. The monoisotopic (exact) mass is 896 g/mol. The lowest BCUT2D eigenvalue weighted by Gasteiger charge is -2.24. The van der Waals surface area contributed by atoms with Crippen molar-refractivity contribution in [2.24, 2.45) is 0 Å². The van der Waals surface area contributed by atoms with Gasteiger partial charge in [0.05, 0.1) is 25.2 Å². The minimum atomic E-state index is -0.800. The van der Waals surface area contributed by atoms with Crippen LogP contribution in [0.4, 0.5) is 0 Å². The highest BCUT2D eigenvalue weighted by atomic mass is 16.5. The molecule has 0 aliphatic carbocycles. The van der Waals surface area contributed by atoms with Crippen LogP contribution in [0.25, 0.3) is 0 Å². The van der Waals surface area contributed by atoms with E-state index in [9.17, 15) is 19.8 Å². The number of amides is 1. The summed E-state index contributed by atoms with van der Waals surface area (Å²) in [5.74, 6) is -0.523. The van der Waals surface area contributed by atoms with Crippen LogP contribution in [0.2, 0.25) is 0 Å². The molecule has 0 spiro atoms. The van der Waals surface area contributed by atoms with Crippen molar-refractivity contribution in [2.75, 3.05) is 6.61 Å². The summed E-state index contributed by atoms with van der Waals surface area (Å²) in [5, 5.41) is 23.8. The number of esters is 1. The van der Waals surface area contributed by atoms with Crippen LogP contribution in [0.5, 0.6) is 0 Å². The lowest BCUT2D eigenvalue weighted by atomic mass is 10.0. The third-order valence-corrected chi connectivity index (χ3v) is 12.4. The maximum atomic E-state index is 13.2. The first kappa shape index (κ1) is 61.6. The molecule has 0 aromatic heterocycles. The standard InChI is InChI=1S/C58H105NO5/c1-4-7-10-13-16-19-22-25-28-30-33-36-39-42-45-48-51-58(63)64-54(49-46-43-40-37-34-31-27-24-21-18-15-12-9-6-3)52-57(62)59-55(53-60)56(61)50-47-44-41-38-35-32-29-26-23-20-17-14-11-8-5-2/h9,12,18,21,27-28,30-31,33,36,54-56,60-61H,4-8,10-11,13-17,19-20,22-26,29,32,34-35,37-53H2,1-3H3,(H,59,62)/b12-9+,21-18+,30-28+,31-27+,36-33+. The Hall–Kier alpha value is -2.44. The van der Waals surface area contributed by atoms with E-state index in [4.69, 9.17) is 4.74 Å². The quantitative estimate of drug-likeness (QED) is 0.0245. The van der Waals surface area contributed by atoms with Gasteiger partial charge in [-0.3, -0.25) is 9.59 Å². The molecule has 0 aliphatic rings. The molecule has 3 unspecified atom stereocenters. The third-order valence-electron chi connectivity index (χ3n) is 12.4. The maximum absolute atomic E-state index is 13.2. The van der Waals surface area contributed by atoms with Crippen LogP contribution in [0.1, 0.15) is 271 Å². The van der Waals surface area contributed by atoms with E-state index in [0.29, 0.717) is 19.3 Å². The fourth-order valence-corrected chi connectivity index (χ4v) is 8.20. The Labute approximate surface area is 397 Å². The molecule has 0 aromatic carbocycles. The molecule has 6 nitrogen and oxygen atoms in total. The minimum Gasteiger partial charge on any atom is -0.462 e. The second kappa shape index (κ2) is 51.5. The highest BCUT2D eigenvalue weighted by molar-refractivity contribution is 5.77. The molecule has 3 atom stereocenters. The van der Waals surface area contributed by atoms with Gasteiger partial charge in [-0.05, 0) is 83.5 Å². The Balaban J connectivity index is 4.62. The van der Waals surface area contributed by atoms with E-state index in [1.54, 1.807) is 0 Å². The summed E-state index contributed by atoms with van der Waals surface area (Å²) in [4.78, 5) is 26.2. The Kier molecular flexibility index (Phi) is 49.6. The number of unbranched alkanes of at least 4 members (excludes halogenated alkanes) is 28. The average molecular weight is 896 g/mol. The van der Waals surface area contributed by atoms with Gasteiger partial charge in [-0.15, -0.1) is 0 Å². The van der Waals surface area contributed by atoms with Crippen molar-refractivity contribution in [3.63, 3.8) is 0 Å². The largest absolute Gasteiger partial charge is 0.462 e. The van der Waals surface area contributed by atoms with E-state index < -0.39 is 18.2 Å². The number of nitrogens with one attached hydrogen (secondary N) is 1. The smallest absolute Gasteiger partial charge is 0.306 e. The molecule has 0 saturated heterocycles. The molecule has 0 fully saturated rings. The molecule has 0 saturated carbocycles. The lowest BCUT2D eigenvalue weighted by molar-refractivity contribution is -0.151. The van der Waals surface area contributed by atoms with Gasteiger partial charge in [-0.1, -0.05) is 236 Å². The van der Waals surface area contributed by atoms with Gasteiger partial charge in [0.1, 0.15) is 6.10 Å². The zero-order valence-corrected chi connectivity index (χ0v) is 42.4. The topological polar surface area (TPSA) is 95.9 Å². The summed E-state index contributed by atoms with van der Waals surface area (Å²) in [6, 6.07) is -0.716. The summed E-state index contributed by atoms with van der Waals surface area (Å²) in [6.45, 7) is 6.37. The average Bonchev–Trinajstić information content (AvgIpc) is 3.29. The van der Waals surface area contributed by atoms with E-state index in [1.807, 2.05) is 0 Å². The molecule has 64 heavy (non-hydrogen) atoms. The number of rotatable bonds is 49. The van der Waals surface area contributed by atoms with Crippen LogP contribution < -0.4 is 5.32 Å². The number of hydrogen-bond donors (Lipinski definition) is 3. The maximum Gasteiger partial charge on any atom is 0.306 e. The van der Waals surface area contributed by atoms with Crippen LogP contribution in [0.3, 0.4) is 0 Å². The first-order chi connectivity index (χ1) is 31.5. The van der Waals surface area contributed by atoms with Crippen molar-refractivity contribution in [3.05, 3.63) is 60.8 Å². The predicted octanol–water partition coefficient (Wildman–Crippen LogP) is 16.8. The summed E-state index contributed by atoms with van der Waals surface area (Å²) in [5.41, 5.74) is 0. The van der Waals surface area contributed by atoms with E-state index in [2.05, 4.69) is 86.8 Å². The Morgan fingerprint density at radius 3 is 1.38 bits per heavy atom. The normalized spacial score (nSPS) is 13.6. The molecule has 0 rings (SSSR count). The highest BCUT2D eigenvalue weighted by Gasteiger charge is 2.24. The van der Waals surface area contributed by atoms with Gasteiger partial charge in [0, 0.05) is 6.42 Å². The van der Waals surface area contributed by atoms with Gasteiger partial charge >= 0.3 is 5.97 Å². The number of ether oxygens (including phenoxy) is 1. The second-order valence-corrected chi connectivity index (χ2v) is 18.6. The van der Waals surface area contributed by atoms with E-state index in [-0.39, 0.29) is 24.9 Å². The van der Waals surface area contributed by atoms with Crippen molar-refractivity contribution in [1.82, 2.24) is 5.32 Å². The molecule has 0 aliphatic heterocycles. The summed E-state index contributed by atoms with van der Waals surface area (Å²) < 4.78 is 5.93. The van der Waals surface area contributed by atoms with Crippen molar-refractivity contribution in [1.29, 1.82) is 0 Å². The van der Waals surface area contributed by atoms with Gasteiger partial charge in [-0.25, -0.2) is 0 Å². The van der Waals surface area contributed by atoms with Crippen LogP contribution in [-0.4, -0.2) is 46.9 Å². The van der Waals surface area contributed by atoms with Crippen LogP contribution >= 0.6 is 0 Å². The van der Waals surface area contributed by atoms with E-state index in [0.717, 1.165) is 103 Å². The zero-order valence-electron chi connectivity index (χ0n) is 42.4. The van der Waals surface area contributed by atoms with Crippen LogP contribution in [-0.2, 0) is 14.3 Å². The fourth-order valence-electron chi connectivity index (χ4n) is 8.20. The summed E-state index contributed by atoms with van der Waals surface area (Å²) in [7, 11) is 0. The first-order valence-electron chi connectivity index (χ1n) is 27.5. The predicted molar refractivity (Wildman–Crippen MR) is 278 cm³/mol. The SMILES string of the molecule is CC/C=C/C/C=C/C/C=C/CCCCCCC(CC(=O)NC(CO)C(O)CCCCCCCCCCCCCCCCC)OC(=O)CCCCC/C=C/C=C/CCCCCCCCC. The van der Waals surface area contributed by atoms with Crippen molar-refractivity contribution >= 4 is 11.9 Å². The zero-order chi connectivity index (χ0) is 46.7. The minimum absolute atomic E-state index is 0.0513. The molecule has 0 radical (unpaired) electrons. The fraction of sp³-hybridized carbons (Fsp3) is 0.793. The first-order valence-corrected chi connectivity index (χ1v) is 27.5. The number of aliphatic hydroxyl groups excluding tert-OH is 2. The van der Waals surface area contributed by atoms with Gasteiger partial charge in [0.2, 0.25) is 5.91 Å². The summed E-state index contributed by atoms with van der Waals surface area (Å²) >= 11 is 0. The van der Waals surface area contributed by atoms with E-state index >= 15 is 0 Å². The lowest BCUT2D eigenvalue weighted by Crippen LogP contribution is -2.46. The molecule has 372 valence electrons. The van der Waals surface area contributed by atoms with E-state index in [1.165, 1.54) is 122 Å². The Bertz CT molecular complexity index is 1140. The number of aliphatic hydroxyl groups is 2. The van der Waals surface area contributed by atoms with Gasteiger partial charge in [-0.2, -0.15) is 0 Å². The summed E-state index contributed by atoms with van der Waals surface area (Å²) in [6.07, 6.45) is 64.2. The van der Waals surface area contributed by atoms with Gasteiger partial charge < -0.3 is 20.3 Å². The molecular weight excluding hydrogens is 791 g/mol. The molecular formula is C58H105NO5. The van der Waals surface area contributed by atoms with Crippen LogP contribution in [0.15, 0.2) is 60.8 Å². The number of allylic oxidation sites excluding steroid dienone is 10.